The molecule has 0 saturated carbocycles. The maximum Gasteiger partial charge on any atom is 0.312 e. The summed E-state index contributed by atoms with van der Waals surface area (Å²) in [6, 6.07) is 14.4. The van der Waals surface area contributed by atoms with Crippen LogP contribution in [0, 0.1) is 12.3 Å². The number of rotatable bonds is 7. The quantitative estimate of drug-likeness (QED) is 0.606. The van der Waals surface area contributed by atoms with Crippen LogP contribution in [0.25, 0.3) is 0 Å². The number of nitrogens with zero attached hydrogens (tertiary/aromatic N) is 2. The van der Waals surface area contributed by atoms with Gasteiger partial charge in [-0.2, -0.15) is 0 Å². The van der Waals surface area contributed by atoms with Crippen LogP contribution in [-0.4, -0.2) is 41.6 Å². The van der Waals surface area contributed by atoms with Crippen molar-refractivity contribution >= 4 is 17.6 Å². The molecule has 1 saturated heterocycles. The van der Waals surface area contributed by atoms with Gasteiger partial charge < -0.3 is 9.64 Å². The molecule has 0 aliphatic carbocycles. The third-order valence-corrected chi connectivity index (χ3v) is 6.25. The molecule has 1 aromatic carbocycles. The second-order valence-electron chi connectivity index (χ2n) is 8.16. The molecule has 3 rings (SSSR count). The summed E-state index contributed by atoms with van der Waals surface area (Å²) in [7, 11) is 0. The molecule has 0 bridgehead atoms. The number of likely N-dealkylation sites (tertiary alicyclic amines) is 1. The zero-order valence-electron chi connectivity index (χ0n) is 17.7. The molecule has 1 aliphatic rings. The van der Waals surface area contributed by atoms with Gasteiger partial charge in [0.2, 0.25) is 0 Å². The highest BCUT2D eigenvalue weighted by Gasteiger charge is 2.43. The van der Waals surface area contributed by atoms with E-state index in [1.165, 1.54) is 0 Å². The Morgan fingerprint density at radius 3 is 2.52 bits per heavy atom. The van der Waals surface area contributed by atoms with Crippen molar-refractivity contribution in [3.63, 3.8) is 0 Å². The van der Waals surface area contributed by atoms with E-state index < -0.39 is 5.41 Å². The van der Waals surface area contributed by atoms with Gasteiger partial charge in [0, 0.05) is 28.9 Å². The summed E-state index contributed by atoms with van der Waals surface area (Å²) in [5.41, 5.74) is 2.85. The van der Waals surface area contributed by atoms with Crippen LogP contribution in [0.1, 0.15) is 43.6 Å². The van der Waals surface area contributed by atoms with Gasteiger partial charge in [0.1, 0.15) is 0 Å². The van der Waals surface area contributed by atoms with Crippen LogP contribution in [0.4, 0.5) is 0 Å². The lowest BCUT2D eigenvalue weighted by molar-refractivity contribution is -0.159. The van der Waals surface area contributed by atoms with Crippen molar-refractivity contribution in [1.82, 2.24) is 9.88 Å². The number of benzene rings is 1. The Morgan fingerprint density at radius 2 is 1.90 bits per heavy atom. The number of hydrogen-bond acceptors (Lipinski definition) is 4. The lowest BCUT2D eigenvalue weighted by atomic mass is 9.73. The number of esters is 1. The van der Waals surface area contributed by atoms with Crippen molar-refractivity contribution < 1.29 is 9.53 Å². The summed E-state index contributed by atoms with van der Waals surface area (Å²) in [4.78, 5) is 20.0. The molecule has 2 aromatic rings. The Morgan fingerprint density at radius 1 is 1.21 bits per heavy atom. The van der Waals surface area contributed by atoms with Crippen molar-refractivity contribution in [2.45, 2.75) is 52.5 Å². The molecule has 0 radical (unpaired) electrons. The highest BCUT2D eigenvalue weighted by molar-refractivity contribution is 6.30. The van der Waals surface area contributed by atoms with E-state index in [1.54, 1.807) is 0 Å². The van der Waals surface area contributed by atoms with E-state index in [-0.39, 0.29) is 5.97 Å². The molecule has 1 fully saturated rings. The van der Waals surface area contributed by atoms with Gasteiger partial charge in [0.25, 0.3) is 0 Å². The average molecular weight is 415 g/mol. The molecule has 1 atom stereocenters. The lowest BCUT2D eigenvalue weighted by Gasteiger charge is -2.42. The fourth-order valence-corrected chi connectivity index (χ4v) is 4.39. The molecule has 1 aliphatic heterocycles. The maximum absolute atomic E-state index is 12.9. The van der Waals surface area contributed by atoms with E-state index in [4.69, 9.17) is 16.3 Å². The second kappa shape index (κ2) is 9.73. The van der Waals surface area contributed by atoms with Crippen LogP contribution in [0.5, 0.6) is 0 Å². The average Bonchev–Trinajstić information content (AvgIpc) is 2.70. The summed E-state index contributed by atoms with van der Waals surface area (Å²) in [6.45, 7) is 8.35. The van der Waals surface area contributed by atoms with Gasteiger partial charge in [-0.3, -0.25) is 9.78 Å². The molecule has 0 spiro atoms. The number of aromatic nitrogens is 1. The highest BCUT2D eigenvalue weighted by Crippen LogP contribution is 2.37. The van der Waals surface area contributed by atoms with Crippen molar-refractivity contribution in [3.8, 4) is 0 Å². The summed E-state index contributed by atoms with van der Waals surface area (Å²) >= 11 is 6.03. The first kappa shape index (κ1) is 21.8. The van der Waals surface area contributed by atoms with Crippen LogP contribution < -0.4 is 0 Å². The van der Waals surface area contributed by atoms with E-state index in [9.17, 15) is 4.79 Å². The monoisotopic (exact) mass is 414 g/mol. The Hall–Kier alpha value is -1.91. The van der Waals surface area contributed by atoms with Crippen molar-refractivity contribution in [2.24, 2.45) is 5.41 Å². The number of hydrogen-bond donors (Lipinski definition) is 0. The maximum atomic E-state index is 12.9. The number of piperidine rings is 1. The number of carbonyl (C=O) groups is 1. The second-order valence-corrected chi connectivity index (χ2v) is 8.60. The molecule has 0 amide bonds. The molecule has 1 unspecified atom stereocenters. The Balaban J connectivity index is 1.68. The Labute approximate surface area is 179 Å². The Kier molecular flexibility index (Phi) is 7.31. The van der Waals surface area contributed by atoms with Crippen molar-refractivity contribution in [3.05, 3.63) is 64.4 Å². The number of pyridine rings is 1. The van der Waals surface area contributed by atoms with Crippen LogP contribution in [0.15, 0.2) is 42.5 Å². The molecule has 5 heteroatoms. The predicted octanol–water partition coefficient (Wildman–Crippen LogP) is 4.86. The van der Waals surface area contributed by atoms with E-state index in [0.717, 1.165) is 49.3 Å². The van der Waals surface area contributed by atoms with E-state index in [0.29, 0.717) is 24.1 Å². The van der Waals surface area contributed by atoms with E-state index >= 15 is 0 Å². The largest absolute Gasteiger partial charge is 0.466 e. The first-order valence-electron chi connectivity index (χ1n) is 10.5. The summed E-state index contributed by atoms with van der Waals surface area (Å²) in [5, 5.41) is 0.715. The van der Waals surface area contributed by atoms with Gasteiger partial charge in [-0.25, -0.2) is 0 Å². The van der Waals surface area contributed by atoms with Gasteiger partial charge in [0.15, 0.2) is 0 Å². The Bertz CT molecular complexity index is 814. The van der Waals surface area contributed by atoms with Crippen LogP contribution >= 0.6 is 11.6 Å². The molecule has 29 heavy (non-hydrogen) atoms. The zero-order chi connectivity index (χ0) is 20.9. The number of aryl methyl sites for hydroxylation is 1. The van der Waals surface area contributed by atoms with Crippen molar-refractivity contribution in [1.29, 1.82) is 0 Å². The normalized spacial score (nSPS) is 17.7. The van der Waals surface area contributed by atoms with Gasteiger partial charge in [-0.1, -0.05) is 29.8 Å². The van der Waals surface area contributed by atoms with Crippen LogP contribution in [0.3, 0.4) is 0 Å². The molecule has 1 aromatic heterocycles. The number of ether oxygens (including phenoxy) is 1. The first-order valence-corrected chi connectivity index (χ1v) is 10.9. The summed E-state index contributed by atoms with van der Waals surface area (Å²) in [6.07, 6.45) is 3.23. The van der Waals surface area contributed by atoms with E-state index in [1.807, 2.05) is 44.2 Å². The summed E-state index contributed by atoms with van der Waals surface area (Å²) < 4.78 is 5.49. The zero-order valence-corrected chi connectivity index (χ0v) is 18.4. The van der Waals surface area contributed by atoms with Crippen LogP contribution in [-0.2, 0) is 22.4 Å². The standard InChI is InChI=1S/C24H31ClN2O2/c1-4-29-23(28)24(17-20-8-10-21(25)11-9-20)12-14-27(15-13-24)19(3)16-22-7-5-6-18(2)26-22/h5-11,19H,4,12-17H2,1-3H3. The molecule has 156 valence electrons. The molecule has 2 heterocycles. The predicted molar refractivity (Wildman–Crippen MR) is 117 cm³/mol. The van der Waals surface area contributed by atoms with E-state index in [2.05, 4.69) is 28.9 Å². The highest BCUT2D eigenvalue weighted by atomic mass is 35.5. The molecule has 4 nitrogen and oxygen atoms in total. The minimum Gasteiger partial charge on any atom is -0.466 e. The van der Waals surface area contributed by atoms with Crippen molar-refractivity contribution in [2.75, 3.05) is 19.7 Å². The third kappa shape index (κ3) is 5.58. The topological polar surface area (TPSA) is 42.4 Å². The van der Waals surface area contributed by atoms with Gasteiger partial charge in [-0.05, 0) is 83.0 Å². The van der Waals surface area contributed by atoms with Crippen LogP contribution in [0.2, 0.25) is 5.02 Å². The minimum atomic E-state index is -0.457. The van der Waals surface area contributed by atoms with Gasteiger partial charge in [-0.15, -0.1) is 0 Å². The fraction of sp³-hybridized carbons (Fsp3) is 0.500. The number of halogens is 1. The molecular formula is C24H31ClN2O2. The first-order chi connectivity index (χ1) is 13.9. The smallest absolute Gasteiger partial charge is 0.312 e. The molecule has 0 N–H and O–H groups in total. The fourth-order valence-electron chi connectivity index (χ4n) is 4.27. The third-order valence-electron chi connectivity index (χ3n) is 5.99. The molecular weight excluding hydrogens is 384 g/mol. The summed E-state index contributed by atoms with van der Waals surface area (Å²) in [5.74, 6) is -0.0670. The number of carbonyl (C=O) groups excluding carboxylic acids is 1. The minimum absolute atomic E-state index is 0.0670. The van der Waals surface area contributed by atoms with Gasteiger partial charge >= 0.3 is 5.97 Å². The van der Waals surface area contributed by atoms with Gasteiger partial charge in [0.05, 0.1) is 12.0 Å². The SMILES string of the molecule is CCOC(=O)C1(Cc2ccc(Cl)cc2)CCN(C(C)Cc2cccc(C)n2)CC1. The lowest BCUT2D eigenvalue weighted by Crippen LogP contribution is -2.49.